The number of nitrogens with zero attached hydrogens (tertiary/aromatic N) is 1. The van der Waals surface area contributed by atoms with Gasteiger partial charge in [-0.05, 0) is 38.0 Å². The molecule has 1 saturated carbocycles. The molecule has 1 aliphatic rings. The first-order chi connectivity index (χ1) is 12.0. The van der Waals surface area contributed by atoms with Gasteiger partial charge in [0.05, 0.1) is 15.5 Å². The van der Waals surface area contributed by atoms with Crippen molar-refractivity contribution < 1.29 is 9.59 Å². The molecular formula is C17H20ClN3O2S2. The molecule has 0 spiro atoms. The largest absolute Gasteiger partial charge is 0.335 e. The van der Waals surface area contributed by atoms with Crippen LogP contribution in [0.2, 0.25) is 5.02 Å². The SMILES string of the molecule is C[C@H](Sc1nc2cc(Cl)ccc2s1)C(=O)NC(=O)NC1CCCCC1. The first-order valence-corrected chi connectivity index (χ1v) is 10.4. The number of aromatic nitrogens is 1. The molecule has 25 heavy (non-hydrogen) atoms. The predicted octanol–water partition coefficient (Wildman–Crippen LogP) is 4.59. The Morgan fingerprint density at radius 1 is 1.32 bits per heavy atom. The topological polar surface area (TPSA) is 71.1 Å². The first-order valence-electron chi connectivity index (χ1n) is 8.35. The van der Waals surface area contributed by atoms with E-state index in [9.17, 15) is 9.59 Å². The number of rotatable bonds is 4. The van der Waals surface area contributed by atoms with Gasteiger partial charge in [0.15, 0.2) is 4.34 Å². The fraction of sp³-hybridized carbons (Fsp3) is 0.471. The summed E-state index contributed by atoms with van der Waals surface area (Å²) in [4.78, 5) is 28.7. The molecule has 2 aromatic rings. The zero-order valence-corrected chi connectivity index (χ0v) is 16.3. The molecule has 1 atom stereocenters. The molecule has 5 nitrogen and oxygen atoms in total. The van der Waals surface area contributed by atoms with Gasteiger partial charge in [-0.1, -0.05) is 42.6 Å². The Morgan fingerprint density at radius 3 is 2.84 bits per heavy atom. The minimum Gasteiger partial charge on any atom is -0.335 e. The minimum atomic E-state index is -0.409. The van der Waals surface area contributed by atoms with Crippen LogP contribution in [0.1, 0.15) is 39.0 Å². The number of amides is 3. The molecule has 1 aromatic carbocycles. The van der Waals surface area contributed by atoms with Crippen LogP contribution in [0.25, 0.3) is 10.2 Å². The molecule has 0 saturated heterocycles. The maximum Gasteiger partial charge on any atom is 0.321 e. The number of halogens is 1. The number of fused-ring (bicyclic) bond motifs is 1. The Bertz CT molecular complexity index is 774. The summed E-state index contributed by atoms with van der Waals surface area (Å²) >= 11 is 8.83. The molecule has 1 fully saturated rings. The third-order valence-electron chi connectivity index (χ3n) is 4.15. The van der Waals surface area contributed by atoms with E-state index < -0.39 is 11.3 Å². The van der Waals surface area contributed by atoms with Gasteiger partial charge in [-0.3, -0.25) is 10.1 Å². The van der Waals surface area contributed by atoms with Crippen LogP contribution in [-0.4, -0.2) is 28.2 Å². The van der Waals surface area contributed by atoms with E-state index in [1.165, 1.54) is 29.5 Å². The summed E-state index contributed by atoms with van der Waals surface area (Å²) in [7, 11) is 0. The van der Waals surface area contributed by atoms with E-state index in [0.29, 0.717) is 5.02 Å². The number of thioether (sulfide) groups is 1. The Kier molecular flexibility index (Phi) is 6.19. The number of nitrogens with one attached hydrogen (secondary N) is 2. The summed E-state index contributed by atoms with van der Waals surface area (Å²) in [6, 6.07) is 5.32. The van der Waals surface area contributed by atoms with Crippen molar-refractivity contribution >= 4 is 56.9 Å². The molecule has 2 N–H and O–H groups in total. The average Bonchev–Trinajstić information content (AvgIpc) is 2.96. The van der Waals surface area contributed by atoms with E-state index in [1.54, 1.807) is 13.0 Å². The summed E-state index contributed by atoms with van der Waals surface area (Å²) in [5, 5.41) is 5.55. The van der Waals surface area contributed by atoms with E-state index in [4.69, 9.17) is 11.6 Å². The zero-order chi connectivity index (χ0) is 17.8. The van der Waals surface area contributed by atoms with E-state index in [-0.39, 0.29) is 11.9 Å². The Balaban J connectivity index is 1.53. The molecule has 0 radical (unpaired) electrons. The second-order valence-electron chi connectivity index (χ2n) is 6.15. The molecule has 134 valence electrons. The van der Waals surface area contributed by atoms with Gasteiger partial charge < -0.3 is 5.32 Å². The van der Waals surface area contributed by atoms with Gasteiger partial charge in [0.2, 0.25) is 5.91 Å². The lowest BCUT2D eigenvalue weighted by atomic mass is 9.96. The van der Waals surface area contributed by atoms with Crippen molar-refractivity contribution in [1.29, 1.82) is 0 Å². The quantitative estimate of drug-likeness (QED) is 0.740. The summed E-state index contributed by atoms with van der Waals surface area (Å²) in [5.74, 6) is -0.310. The Hall–Kier alpha value is -1.31. The van der Waals surface area contributed by atoms with Crippen LogP contribution in [0.15, 0.2) is 22.5 Å². The fourth-order valence-electron chi connectivity index (χ4n) is 2.82. The van der Waals surface area contributed by atoms with E-state index >= 15 is 0 Å². The van der Waals surface area contributed by atoms with Crippen LogP contribution < -0.4 is 10.6 Å². The van der Waals surface area contributed by atoms with Crippen LogP contribution in [0.3, 0.4) is 0 Å². The predicted molar refractivity (Wildman–Crippen MR) is 103 cm³/mol. The van der Waals surface area contributed by atoms with Crippen LogP contribution >= 0.6 is 34.7 Å². The molecule has 3 rings (SSSR count). The van der Waals surface area contributed by atoms with Crippen molar-refractivity contribution in [1.82, 2.24) is 15.6 Å². The van der Waals surface area contributed by atoms with Crippen molar-refractivity contribution in [3.8, 4) is 0 Å². The van der Waals surface area contributed by atoms with Gasteiger partial charge in [0, 0.05) is 11.1 Å². The maximum atomic E-state index is 12.2. The van der Waals surface area contributed by atoms with Gasteiger partial charge >= 0.3 is 6.03 Å². The highest BCUT2D eigenvalue weighted by atomic mass is 35.5. The van der Waals surface area contributed by atoms with Gasteiger partial charge in [-0.25, -0.2) is 9.78 Å². The number of urea groups is 1. The smallest absolute Gasteiger partial charge is 0.321 e. The number of carbonyl (C=O) groups excluding carboxylic acids is 2. The van der Waals surface area contributed by atoms with Crippen LogP contribution in [0.4, 0.5) is 4.79 Å². The number of hydrogen-bond acceptors (Lipinski definition) is 5. The number of carbonyl (C=O) groups is 2. The summed E-state index contributed by atoms with van der Waals surface area (Å²) in [6.45, 7) is 1.77. The molecule has 0 unspecified atom stereocenters. The highest BCUT2D eigenvalue weighted by Gasteiger charge is 2.21. The van der Waals surface area contributed by atoms with Crippen molar-refractivity contribution in [2.24, 2.45) is 0 Å². The first kappa shape index (κ1) is 18.5. The van der Waals surface area contributed by atoms with Crippen molar-refractivity contribution in [2.75, 3.05) is 0 Å². The molecule has 1 aromatic heterocycles. The second kappa shape index (κ2) is 8.38. The third kappa shape index (κ3) is 5.09. The minimum absolute atomic E-state index is 0.179. The Morgan fingerprint density at radius 2 is 2.08 bits per heavy atom. The van der Waals surface area contributed by atoms with Crippen molar-refractivity contribution in [3.05, 3.63) is 23.2 Å². The molecular weight excluding hydrogens is 378 g/mol. The van der Waals surface area contributed by atoms with Gasteiger partial charge in [0.25, 0.3) is 0 Å². The number of benzene rings is 1. The summed E-state index contributed by atoms with van der Waals surface area (Å²) in [5.41, 5.74) is 0.822. The molecule has 0 bridgehead atoms. The maximum absolute atomic E-state index is 12.2. The highest BCUT2D eigenvalue weighted by Crippen LogP contribution is 2.33. The third-order valence-corrected chi connectivity index (χ3v) is 6.62. The number of imide groups is 1. The van der Waals surface area contributed by atoms with Crippen molar-refractivity contribution in [3.63, 3.8) is 0 Å². The van der Waals surface area contributed by atoms with Gasteiger partial charge in [-0.15, -0.1) is 11.3 Å². The zero-order valence-electron chi connectivity index (χ0n) is 13.9. The van der Waals surface area contributed by atoms with Crippen LogP contribution in [0.5, 0.6) is 0 Å². The van der Waals surface area contributed by atoms with E-state index in [1.807, 2.05) is 12.1 Å². The highest BCUT2D eigenvalue weighted by molar-refractivity contribution is 8.02. The summed E-state index contributed by atoms with van der Waals surface area (Å²) in [6.07, 6.45) is 5.46. The lowest BCUT2D eigenvalue weighted by molar-refractivity contribution is -0.119. The van der Waals surface area contributed by atoms with Gasteiger partial charge in [0.1, 0.15) is 0 Å². The summed E-state index contributed by atoms with van der Waals surface area (Å²) < 4.78 is 1.81. The fourth-order valence-corrected chi connectivity index (χ4v) is 5.17. The van der Waals surface area contributed by atoms with Crippen LogP contribution in [-0.2, 0) is 4.79 Å². The molecule has 1 aliphatic carbocycles. The number of thiazole rings is 1. The van der Waals surface area contributed by atoms with E-state index in [0.717, 1.165) is 40.2 Å². The number of hydrogen-bond donors (Lipinski definition) is 2. The average molecular weight is 398 g/mol. The van der Waals surface area contributed by atoms with Crippen LogP contribution in [0, 0.1) is 0 Å². The molecule has 3 amide bonds. The van der Waals surface area contributed by atoms with Crippen molar-refractivity contribution in [2.45, 2.75) is 54.7 Å². The monoisotopic (exact) mass is 397 g/mol. The second-order valence-corrected chi connectivity index (χ2v) is 9.20. The standard InChI is InChI=1S/C17H20ClN3O2S2/c1-10(15(22)21-16(23)19-12-5-3-2-4-6-12)24-17-20-13-9-11(18)7-8-14(13)25-17/h7-10,12H,2-6H2,1H3,(H2,19,21,22,23)/t10-/m0/s1. The Labute approximate surface area is 159 Å². The normalized spacial score (nSPS) is 16.6. The molecule has 8 heteroatoms. The lowest BCUT2D eigenvalue weighted by Crippen LogP contribution is -2.47. The van der Waals surface area contributed by atoms with E-state index in [2.05, 4.69) is 15.6 Å². The molecule has 0 aliphatic heterocycles. The lowest BCUT2D eigenvalue weighted by Gasteiger charge is -2.22. The molecule has 1 heterocycles. The van der Waals surface area contributed by atoms with Gasteiger partial charge in [-0.2, -0.15) is 0 Å².